The van der Waals surface area contributed by atoms with Gasteiger partial charge >= 0.3 is 5.97 Å². The zero-order valence-electron chi connectivity index (χ0n) is 10.0. The Bertz CT molecular complexity index is 216. The van der Waals surface area contributed by atoms with Gasteiger partial charge in [-0.15, -0.1) is 0 Å². The standard InChI is InChI=1S/C12H23NO2/c1-8(2)10-5-4-9(3)6-11(10)12(14)15-7-13/h8-11H,4-7,13H2,1-3H3/t9-,10+,11-/m1/s1. The molecule has 1 fully saturated rings. The van der Waals surface area contributed by atoms with E-state index in [4.69, 9.17) is 10.5 Å². The van der Waals surface area contributed by atoms with Crippen LogP contribution < -0.4 is 5.73 Å². The van der Waals surface area contributed by atoms with E-state index < -0.39 is 0 Å². The first kappa shape index (κ1) is 12.5. The molecule has 1 rings (SSSR count). The topological polar surface area (TPSA) is 52.3 Å². The van der Waals surface area contributed by atoms with Gasteiger partial charge in [0.2, 0.25) is 0 Å². The highest BCUT2D eigenvalue weighted by Gasteiger charge is 2.36. The van der Waals surface area contributed by atoms with Crippen molar-refractivity contribution < 1.29 is 9.53 Å². The third-order valence-electron chi connectivity index (χ3n) is 3.55. The zero-order valence-corrected chi connectivity index (χ0v) is 10.0. The smallest absolute Gasteiger partial charge is 0.310 e. The maximum Gasteiger partial charge on any atom is 0.310 e. The van der Waals surface area contributed by atoms with Crippen molar-refractivity contribution in [3.8, 4) is 0 Å². The van der Waals surface area contributed by atoms with Gasteiger partial charge in [-0.25, -0.2) is 0 Å². The fraction of sp³-hybridized carbons (Fsp3) is 0.917. The number of nitrogens with two attached hydrogens (primary N) is 1. The third-order valence-corrected chi connectivity index (χ3v) is 3.55. The van der Waals surface area contributed by atoms with Gasteiger partial charge in [0, 0.05) is 0 Å². The quantitative estimate of drug-likeness (QED) is 0.577. The lowest BCUT2D eigenvalue weighted by Crippen LogP contribution is -2.35. The number of ether oxygens (including phenoxy) is 1. The molecule has 15 heavy (non-hydrogen) atoms. The summed E-state index contributed by atoms with van der Waals surface area (Å²) in [5, 5.41) is 0. The summed E-state index contributed by atoms with van der Waals surface area (Å²) in [6, 6.07) is 0. The Morgan fingerprint density at radius 3 is 2.67 bits per heavy atom. The molecule has 3 nitrogen and oxygen atoms in total. The van der Waals surface area contributed by atoms with Gasteiger partial charge in [0.25, 0.3) is 0 Å². The van der Waals surface area contributed by atoms with Crippen LogP contribution in [0.1, 0.15) is 40.0 Å². The van der Waals surface area contributed by atoms with Gasteiger partial charge < -0.3 is 4.74 Å². The molecule has 0 aliphatic heterocycles. The average molecular weight is 213 g/mol. The minimum Gasteiger partial charge on any atom is -0.450 e. The van der Waals surface area contributed by atoms with Crippen molar-refractivity contribution in [2.24, 2.45) is 29.4 Å². The Hall–Kier alpha value is -0.570. The molecule has 0 bridgehead atoms. The van der Waals surface area contributed by atoms with Gasteiger partial charge in [0.05, 0.1) is 5.92 Å². The monoisotopic (exact) mass is 213 g/mol. The molecule has 0 unspecified atom stereocenters. The van der Waals surface area contributed by atoms with Gasteiger partial charge in [0.15, 0.2) is 0 Å². The molecular weight excluding hydrogens is 190 g/mol. The molecule has 1 aliphatic rings. The van der Waals surface area contributed by atoms with Crippen molar-refractivity contribution >= 4 is 5.97 Å². The van der Waals surface area contributed by atoms with E-state index in [0.717, 1.165) is 12.8 Å². The van der Waals surface area contributed by atoms with E-state index in [2.05, 4.69) is 20.8 Å². The minimum absolute atomic E-state index is 0.00846. The van der Waals surface area contributed by atoms with Crippen LogP contribution in [-0.4, -0.2) is 12.7 Å². The predicted octanol–water partition coefficient (Wildman–Crippen LogP) is 2.15. The van der Waals surface area contributed by atoms with E-state index >= 15 is 0 Å². The molecule has 0 amide bonds. The fourth-order valence-electron chi connectivity index (χ4n) is 2.66. The van der Waals surface area contributed by atoms with Crippen molar-refractivity contribution in [2.75, 3.05) is 6.73 Å². The lowest BCUT2D eigenvalue weighted by Gasteiger charge is -2.35. The highest BCUT2D eigenvalue weighted by atomic mass is 16.5. The molecular formula is C12H23NO2. The minimum atomic E-state index is -0.0947. The summed E-state index contributed by atoms with van der Waals surface area (Å²) in [6.07, 6.45) is 3.33. The van der Waals surface area contributed by atoms with Crippen molar-refractivity contribution in [3.63, 3.8) is 0 Å². The van der Waals surface area contributed by atoms with E-state index in [1.807, 2.05) is 0 Å². The molecule has 88 valence electrons. The summed E-state index contributed by atoms with van der Waals surface area (Å²) >= 11 is 0. The Morgan fingerprint density at radius 1 is 1.47 bits per heavy atom. The van der Waals surface area contributed by atoms with Crippen LogP contribution in [0.3, 0.4) is 0 Å². The van der Waals surface area contributed by atoms with E-state index in [0.29, 0.717) is 17.8 Å². The average Bonchev–Trinajstić information content (AvgIpc) is 2.17. The van der Waals surface area contributed by atoms with Crippen LogP contribution in [-0.2, 0) is 9.53 Å². The van der Waals surface area contributed by atoms with Crippen molar-refractivity contribution in [1.82, 2.24) is 0 Å². The van der Waals surface area contributed by atoms with Gasteiger partial charge in [-0.1, -0.05) is 27.2 Å². The van der Waals surface area contributed by atoms with Crippen LogP contribution in [0.2, 0.25) is 0 Å². The first-order chi connectivity index (χ1) is 7.06. The van der Waals surface area contributed by atoms with Gasteiger partial charge in [-0.2, -0.15) is 0 Å². The van der Waals surface area contributed by atoms with Crippen LogP contribution >= 0.6 is 0 Å². The molecule has 0 aromatic carbocycles. The van der Waals surface area contributed by atoms with Crippen LogP contribution in [0.25, 0.3) is 0 Å². The Morgan fingerprint density at radius 2 is 2.13 bits per heavy atom. The largest absolute Gasteiger partial charge is 0.450 e. The first-order valence-corrected chi connectivity index (χ1v) is 5.93. The van der Waals surface area contributed by atoms with Crippen molar-refractivity contribution in [2.45, 2.75) is 40.0 Å². The molecule has 0 spiro atoms. The Balaban J connectivity index is 2.65. The van der Waals surface area contributed by atoms with E-state index in [9.17, 15) is 4.79 Å². The van der Waals surface area contributed by atoms with Gasteiger partial charge in [-0.05, 0) is 30.6 Å². The number of rotatable bonds is 3. The van der Waals surface area contributed by atoms with Crippen molar-refractivity contribution in [3.05, 3.63) is 0 Å². The third kappa shape index (κ3) is 3.20. The second kappa shape index (κ2) is 5.50. The second-order valence-corrected chi connectivity index (χ2v) is 5.06. The normalized spacial score (nSPS) is 31.7. The molecule has 3 atom stereocenters. The molecule has 0 saturated heterocycles. The van der Waals surface area contributed by atoms with Crippen LogP contribution in [0, 0.1) is 23.7 Å². The number of esters is 1. The van der Waals surface area contributed by atoms with E-state index in [1.165, 1.54) is 6.42 Å². The SMILES string of the molecule is CC(C)[C@@H]1CC[C@@H](C)C[C@H]1C(=O)OCN. The van der Waals surface area contributed by atoms with E-state index in [-0.39, 0.29) is 18.6 Å². The first-order valence-electron chi connectivity index (χ1n) is 5.93. The highest BCUT2D eigenvalue weighted by Crippen LogP contribution is 2.38. The Labute approximate surface area is 92.4 Å². The highest BCUT2D eigenvalue weighted by molar-refractivity contribution is 5.73. The number of carbonyl (C=O) groups is 1. The molecule has 2 N–H and O–H groups in total. The van der Waals surface area contributed by atoms with E-state index in [1.54, 1.807) is 0 Å². The van der Waals surface area contributed by atoms with Crippen molar-refractivity contribution in [1.29, 1.82) is 0 Å². The lowest BCUT2D eigenvalue weighted by atomic mass is 9.70. The van der Waals surface area contributed by atoms with Gasteiger partial charge in [0.1, 0.15) is 6.73 Å². The predicted molar refractivity (Wildman–Crippen MR) is 60.0 cm³/mol. The van der Waals surface area contributed by atoms with Crippen LogP contribution in [0.5, 0.6) is 0 Å². The number of hydrogen-bond donors (Lipinski definition) is 1. The Kier molecular flexibility index (Phi) is 4.58. The lowest BCUT2D eigenvalue weighted by molar-refractivity contribution is -0.153. The summed E-state index contributed by atoms with van der Waals surface area (Å²) in [5.74, 6) is 1.63. The summed E-state index contributed by atoms with van der Waals surface area (Å²) < 4.78 is 4.95. The summed E-state index contributed by atoms with van der Waals surface area (Å²) in [4.78, 5) is 11.8. The summed E-state index contributed by atoms with van der Waals surface area (Å²) in [7, 11) is 0. The second-order valence-electron chi connectivity index (χ2n) is 5.06. The molecule has 0 aromatic heterocycles. The maximum atomic E-state index is 11.8. The molecule has 0 heterocycles. The fourth-order valence-corrected chi connectivity index (χ4v) is 2.66. The van der Waals surface area contributed by atoms with Crippen LogP contribution in [0.4, 0.5) is 0 Å². The molecule has 0 aromatic rings. The molecule has 0 radical (unpaired) electrons. The van der Waals surface area contributed by atoms with Crippen LogP contribution in [0.15, 0.2) is 0 Å². The zero-order chi connectivity index (χ0) is 11.4. The molecule has 1 aliphatic carbocycles. The number of hydrogen-bond acceptors (Lipinski definition) is 3. The summed E-state index contributed by atoms with van der Waals surface area (Å²) in [5.41, 5.74) is 5.25. The summed E-state index contributed by atoms with van der Waals surface area (Å²) in [6.45, 7) is 6.58. The van der Waals surface area contributed by atoms with Gasteiger partial charge in [-0.3, -0.25) is 10.5 Å². The number of carbonyl (C=O) groups excluding carboxylic acids is 1. The molecule has 1 saturated carbocycles. The maximum absolute atomic E-state index is 11.8. The molecule has 3 heteroatoms.